The van der Waals surface area contributed by atoms with E-state index in [-0.39, 0.29) is 17.0 Å². The SMILES string of the molecule is CCC(N)[C@]1(c2cccc(Br)c2)CC[C@H](Cc2cc3cc[nH]c(=O)c3cc2Cl)CC1. The van der Waals surface area contributed by atoms with E-state index in [1.54, 1.807) is 6.20 Å². The van der Waals surface area contributed by atoms with Gasteiger partial charge >= 0.3 is 0 Å². The molecule has 30 heavy (non-hydrogen) atoms. The number of halogens is 2. The first-order valence-corrected chi connectivity index (χ1v) is 11.9. The third kappa shape index (κ3) is 4.10. The Morgan fingerprint density at radius 3 is 2.70 bits per heavy atom. The third-order valence-electron chi connectivity index (χ3n) is 7.00. The number of aromatic amines is 1. The molecule has 0 spiro atoms. The predicted octanol–water partition coefficient (Wildman–Crippen LogP) is 6.35. The minimum absolute atomic E-state index is 0.0372. The van der Waals surface area contributed by atoms with Gasteiger partial charge in [0.25, 0.3) is 5.56 Å². The van der Waals surface area contributed by atoms with E-state index in [4.69, 9.17) is 17.3 Å². The Bertz CT molecular complexity index is 1100. The molecule has 1 heterocycles. The van der Waals surface area contributed by atoms with Gasteiger partial charge in [0.2, 0.25) is 0 Å². The van der Waals surface area contributed by atoms with E-state index in [2.05, 4.69) is 58.2 Å². The summed E-state index contributed by atoms with van der Waals surface area (Å²) in [5.41, 5.74) is 9.13. The van der Waals surface area contributed by atoms with Gasteiger partial charge in [-0.2, -0.15) is 0 Å². The Kier molecular flexibility index (Phi) is 6.38. The Morgan fingerprint density at radius 1 is 1.23 bits per heavy atom. The summed E-state index contributed by atoms with van der Waals surface area (Å²) in [5, 5.41) is 2.29. The third-order valence-corrected chi connectivity index (χ3v) is 7.84. The minimum Gasteiger partial charge on any atom is -0.329 e. The highest BCUT2D eigenvalue weighted by Crippen LogP contribution is 2.46. The molecule has 1 aromatic heterocycles. The van der Waals surface area contributed by atoms with Gasteiger partial charge < -0.3 is 10.7 Å². The molecule has 0 amide bonds. The summed E-state index contributed by atoms with van der Waals surface area (Å²) in [4.78, 5) is 14.7. The van der Waals surface area contributed by atoms with E-state index in [0.717, 1.165) is 53.9 Å². The maximum Gasteiger partial charge on any atom is 0.255 e. The lowest BCUT2D eigenvalue weighted by molar-refractivity contribution is 0.192. The quantitative estimate of drug-likeness (QED) is 0.440. The van der Waals surface area contributed by atoms with Crippen LogP contribution in [-0.4, -0.2) is 11.0 Å². The van der Waals surface area contributed by atoms with Crippen molar-refractivity contribution in [2.45, 2.75) is 56.9 Å². The van der Waals surface area contributed by atoms with Crippen LogP contribution in [0.25, 0.3) is 10.8 Å². The molecule has 1 atom stereocenters. The van der Waals surface area contributed by atoms with Crippen molar-refractivity contribution in [3.8, 4) is 0 Å². The second-order valence-electron chi connectivity index (χ2n) is 8.67. The molecule has 4 rings (SSSR count). The zero-order valence-corrected chi connectivity index (χ0v) is 19.6. The van der Waals surface area contributed by atoms with Crippen LogP contribution in [0.5, 0.6) is 0 Å². The van der Waals surface area contributed by atoms with Crippen molar-refractivity contribution in [3.05, 3.63) is 79.6 Å². The first-order valence-electron chi connectivity index (χ1n) is 10.7. The monoisotopic (exact) mass is 486 g/mol. The molecule has 158 valence electrons. The molecule has 0 saturated heterocycles. The number of hydrogen-bond donors (Lipinski definition) is 2. The van der Waals surface area contributed by atoms with Crippen LogP contribution in [0.15, 0.2) is 57.9 Å². The van der Waals surface area contributed by atoms with E-state index in [9.17, 15) is 4.79 Å². The number of fused-ring (bicyclic) bond motifs is 1. The van der Waals surface area contributed by atoms with Crippen LogP contribution in [0.3, 0.4) is 0 Å². The van der Waals surface area contributed by atoms with E-state index >= 15 is 0 Å². The van der Waals surface area contributed by atoms with Gasteiger partial charge in [0.05, 0.1) is 0 Å². The highest BCUT2D eigenvalue weighted by atomic mass is 79.9. The maximum atomic E-state index is 12.0. The summed E-state index contributed by atoms with van der Waals surface area (Å²) in [5.74, 6) is 0.575. The summed E-state index contributed by atoms with van der Waals surface area (Å²) < 4.78 is 1.11. The van der Waals surface area contributed by atoms with Crippen LogP contribution in [-0.2, 0) is 11.8 Å². The fraction of sp³-hybridized carbons (Fsp3) is 0.400. The summed E-state index contributed by atoms with van der Waals surface area (Å²) >= 11 is 10.2. The van der Waals surface area contributed by atoms with Crippen LogP contribution >= 0.6 is 27.5 Å². The molecule has 0 radical (unpaired) electrons. The molecule has 3 N–H and O–H groups in total. The Hall–Kier alpha value is -1.62. The minimum atomic E-state index is -0.0917. The number of hydrogen-bond acceptors (Lipinski definition) is 2. The van der Waals surface area contributed by atoms with Gasteiger partial charge in [-0.25, -0.2) is 0 Å². The van der Waals surface area contributed by atoms with Crippen molar-refractivity contribution in [3.63, 3.8) is 0 Å². The fourth-order valence-corrected chi connectivity index (χ4v) is 5.82. The van der Waals surface area contributed by atoms with Crippen LogP contribution in [0.4, 0.5) is 0 Å². The van der Waals surface area contributed by atoms with Gasteiger partial charge in [-0.05, 0) is 91.3 Å². The molecule has 5 heteroatoms. The molecule has 1 unspecified atom stereocenters. The highest BCUT2D eigenvalue weighted by Gasteiger charge is 2.41. The van der Waals surface area contributed by atoms with Gasteiger partial charge in [-0.3, -0.25) is 4.79 Å². The number of aromatic nitrogens is 1. The molecule has 0 aliphatic heterocycles. The van der Waals surface area contributed by atoms with Gasteiger partial charge in [-0.15, -0.1) is 0 Å². The molecule has 2 aromatic carbocycles. The summed E-state index contributed by atoms with van der Waals surface area (Å²) in [6.45, 7) is 2.19. The van der Waals surface area contributed by atoms with Gasteiger partial charge in [0, 0.05) is 32.5 Å². The largest absolute Gasteiger partial charge is 0.329 e. The van der Waals surface area contributed by atoms with Crippen LogP contribution in [0.1, 0.15) is 50.2 Å². The van der Waals surface area contributed by atoms with Crippen LogP contribution < -0.4 is 11.3 Å². The fourth-order valence-electron chi connectivity index (χ4n) is 5.18. The zero-order chi connectivity index (χ0) is 21.3. The smallest absolute Gasteiger partial charge is 0.255 e. The molecule has 1 fully saturated rings. The van der Waals surface area contributed by atoms with Gasteiger partial charge in [0.15, 0.2) is 0 Å². The topological polar surface area (TPSA) is 58.9 Å². The Morgan fingerprint density at radius 2 is 2.00 bits per heavy atom. The van der Waals surface area contributed by atoms with Crippen molar-refractivity contribution in [2.24, 2.45) is 11.7 Å². The number of nitrogens with one attached hydrogen (secondary N) is 1. The van der Waals surface area contributed by atoms with E-state index in [0.29, 0.717) is 16.3 Å². The second-order valence-corrected chi connectivity index (χ2v) is 9.99. The van der Waals surface area contributed by atoms with Crippen molar-refractivity contribution in [1.29, 1.82) is 0 Å². The molecular formula is C25H28BrClN2O. The number of rotatable bonds is 5. The van der Waals surface area contributed by atoms with Crippen LogP contribution in [0, 0.1) is 5.92 Å². The predicted molar refractivity (Wildman–Crippen MR) is 129 cm³/mol. The molecular weight excluding hydrogens is 460 g/mol. The molecule has 3 aromatic rings. The van der Waals surface area contributed by atoms with Crippen molar-refractivity contribution in [2.75, 3.05) is 0 Å². The number of nitrogens with two attached hydrogens (primary N) is 1. The lowest BCUT2D eigenvalue weighted by Crippen LogP contribution is -2.47. The summed E-state index contributed by atoms with van der Waals surface area (Å²) in [6.07, 6.45) is 8.05. The van der Waals surface area contributed by atoms with Crippen LogP contribution in [0.2, 0.25) is 5.02 Å². The average molecular weight is 488 g/mol. The first kappa shape index (κ1) is 21.6. The molecule has 1 saturated carbocycles. The number of pyridine rings is 1. The van der Waals surface area contributed by atoms with Crippen molar-refractivity contribution >= 4 is 38.3 Å². The van der Waals surface area contributed by atoms with E-state index in [1.807, 2.05) is 12.1 Å². The molecule has 0 bridgehead atoms. The Labute approximate surface area is 191 Å². The lowest BCUT2D eigenvalue weighted by Gasteiger charge is -2.45. The van der Waals surface area contributed by atoms with E-state index < -0.39 is 0 Å². The van der Waals surface area contributed by atoms with E-state index in [1.165, 1.54) is 5.56 Å². The lowest BCUT2D eigenvalue weighted by atomic mass is 9.62. The average Bonchev–Trinajstić information content (AvgIpc) is 2.75. The molecule has 1 aliphatic rings. The molecule has 3 nitrogen and oxygen atoms in total. The maximum absolute atomic E-state index is 12.0. The standard InChI is InChI=1S/C25H28BrClN2O/c1-2-23(28)25(19-4-3-5-20(26)14-19)9-6-16(7-10-25)12-18-13-17-8-11-29-24(30)21(17)15-22(18)27/h3-5,8,11,13-16,23H,2,6-7,9-10,12,28H2,1H3,(H,29,30)/t16-,23?,25+. The van der Waals surface area contributed by atoms with Crippen molar-refractivity contribution in [1.82, 2.24) is 4.98 Å². The number of benzene rings is 2. The Balaban J connectivity index is 1.55. The normalized spacial score (nSPS) is 22.9. The van der Waals surface area contributed by atoms with Gasteiger partial charge in [-0.1, -0.05) is 46.6 Å². The van der Waals surface area contributed by atoms with Gasteiger partial charge in [0.1, 0.15) is 0 Å². The second kappa shape index (κ2) is 8.86. The zero-order valence-electron chi connectivity index (χ0n) is 17.3. The van der Waals surface area contributed by atoms with Crippen molar-refractivity contribution < 1.29 is 0 Å². The summed E-state index contributed by atoms with van der Waals surface area (Å²) in [7, 11) is 0. The number of H-pyrrole nitrogens is 1. The summed E-state index contributed by atoms with van der Waals surface area (Å²) in [6, 6.07) is 14.7. The first-order chi connectivity index (χ1) is 14.4. The highest BCUT2D eigenvalue weighted by molar-refractivity contribution is 9.10. The molecule has 1 aliphatic carbocycles.